The van der Waals surface area contributed by atoms with E-state index in [9.17, 15) is 14.0 Å². The van der Waals surface area contributed by atoms with E-state index in [1.165, 1.54) is 30.8 Å². The second-order valence-corrected chi connectivity index (χ2v) is 8.46. The van der Waals surface area contributed by atoms with Crippen molar-refractivity contribution in [3.8, 4) is 11.4 Å². The van der Waals surface area contributed by atoms with Gasteiger partial charge >= 0.3 is 0 Å². The molecule has 0 fully saturated rings. The molecule has 0 aliphatic carbocycles. The van der Waals surface area contributed by atoms with Gasteiger partial charge in [-0.2, -0.15) is 0 Å². The molecule has 0 radical (unpaired) electrons. The number of fused-ring (bicyclic) bond motifs is 1. The first-order valence-electron chi connectivity index (χ1n) is 10.5. The Balaban J connectivity index is 1.60. The molecule has 0 saturated carbocycles. The smallest absolute Gasteiger partial charge is 0.234 e. The molecule has 5 nitrogen and oxygen atoms in total. The molecule has 0 atom stereocenters. The molecule has 1 amide bonds. The van der Waals surface area contributed by atoms with E-state index in [1.54, 1.807) is 36.4 Å². The number of aromatic nitrogens is 2. The number of nitrogens with zero attached hydrogens (tertiary/aromatic N) is 2. The number of thioether (sulfide) groups is 1. The maximum absolute atomic E-state index is 13.4. The zero-order chi connectivity index (χ0) is 23.4. The van der Waals surface area contributed by atoms with Gasteiger partial charge in [0.15, 0.2) is 11.6 Å². The van der Waals surface area contributed by atoms with Crippen molar-refractivity contribution >= 4 is 40.0 Å². The number of carbonyl (C=O) groups excluding carboxylic acids is 2. The Hall–Kier alpha value is -3.58. The fourth-order valence-electron chi connectivity index (χ4n) is 3.43. The highest BCUT2D eigenvalue weighted by atomic mass is 32.2. The van der Waals surface area contributed by atoms with Crippen LogP contribution in [-0.2, 0) is 11.2 Å². The highest BCUT2D eigenvalue weighted by molar-refractivity contribution is 8.00. The van der Waals surface area contributed by atoms with Crippen molar-refractivity contribution in [3.63, 3.8) is 0 Å². The summed E-state index contributed by atoms with van der Waals surface area (Å²) in [6.45, 7) is 3.56. The summed E-state index contributed by atoms with van der Waals surface area (Å²) >= 11 is 1.33. The van der Waals surface area contributed by atoms with Crippen molar-refractivity contribution in [2.75, 3.05) is 11.1 Å². The number of amides is 1. The third kappa shape index (κ3) is 5.26. The summed E-state index contributed by atoms with van der Waals surface area (Å²) in [5.74, 6) is 0.113. The second kappa shape index (κ2) is 9.92. The number of benzene rings is 3. The van der Waals surface area contributed by atoms with E-state index in [0.29, 0.717) is 27.7 Å². The minimum absolute atomic E-state index is 0.0255. The minimum Gasteiger partial charge on any atom is -0.325 e. The number of carbonyl (C=O) groups is 2. The topological polar surface area (TPSA) is 72.0 Å². The summed E-state index contributed by atoms with van der Waals surface area (Å²) in [7, 11) is 0. The first kappa shape index (κ1) is 22.6. The number of hydrogen-bond acceptors (Lipinski definition) is 5. The summed E-state index contributed by atoms with van der Waals surface area (Å²) in [4.78, 5) is 33.4. The van der Waals surface area contributed by atoms with Gasteiger partial charge in [0.2, 0.25) is 5.91 Å². The molecule has 33 heavy (non-hydrogen) atoms. The van der Waals surface area contributed by atoms with Crippen LogP contribution in [0.4, 0.5) is 10.1 Å². The van der Waals surface area contributed by atoms with Crippen LogP contribution >= 0.6 is 11.8 Å². The predicted molar refractivity (Wildman–Crippen MR) is 130 cm³/mol. The maximum atomic E-state index is 13.4. The molecule has 7 heteroatoms. The summed E-state index contributed by atoms with van der Waals surface area (Å²) in [6.07, 6.45) is 0.804. The van der Waals surface area contributed by atoms with Gasteiger partial charge in [0.1, 0.15) is 10.8 Å². The highest BCUT2D eigenvalue weighted by Crippen LogP contribution is 2.30. The lowest BCUT2D eigenvalue weighted by Crippen LogP contribution is -2.14. The average molecular weight is 460 g/mol. The number of ketones is 1. The highest BCUT2D eigenvalue weighted by Gasteiger charge is 2.14. The SMILES string of the molecule is CCc1cccc2c(SCC(=O)Nc3ccc(C(C)=O)cc3)nc(-c3ccc(F)cc3)nc12. The van der Waals surface area contributed by atoms with Gasteiger partial charge in [0.05, 0.1) is 11.3 Å². The molecule has 1 N–H and O–H groups in total. The van der Waals surface area contributed by atoms with Gasteiger partial charge in [-0.1, -0.05) is 36.9 Å². The number of aryl methyl sites for hydroxylation is 1. The van der Waals surface area contributed by atoms with E-state index < -0.39 is 0 Å². The fourth-order valence-corrected chi connectivity index (χ4v) is 4.24. The monoisotopic (exact) mass is 459 g/mol. The molecule has 166 valence electrons. The summed E-state index contributed by atoms with van der Waals surface area (Å²) < 4.78 is 13.4. The standard InChI is InChI=1S/C26H22FN3O2S/c1-3-17-5-4-6-22-24(17)29-25(19-7-11-20(27)12-8-19)30-26(22)33-15-23(32)28-21-13-9-18(10-14-21)16(2)31/h4-14H,3,15H2,1-2H3,(H,28,32). The van der Waals surface area contributed by atoms with Gasteiger partial charge in [-0.15, -0.1) is 0 Å². The van der Waals surface area contributed by atoms with Gasteiger partial charge in [-0.05, 0) is 67.4 Å². The Labute approximate surface area is 195 Å². The minimum atomic E-state index is -0.323. The number of Topliss-reactive ketones (excluding diaryl/α,β-unsaturated/α-hetero) is 1. The third-order valence-corrected chi connectivity index (χ3v) is 6.16. The van der Waals surface area contributed by atoms with Crippen molar-refractivity contribution in [2.45, 2.75) is 25.3 Å². The van der Waals surface area contributed by atoms with Crippen LogP contribution in [0.2, 0.25) is 0 Å². The van der Waals surface area contributed by atoms with Crippen LogP contribution in [0.1, 0.15) is 29.8 Å². The largest absolute Gasteiger partial charge is 0.325 e. The molecule has 1 heterocycles. The van der Waals surface area contributed by atoms with Crippen LogP contribution in [-0.4, -0.2) is 27.4 Å². The van der Waals surface area contributed by atoms with E-state index >= 15 is 0 Å². The molecule has 4 rings (SSSR count). The predicted octanol–water partition coefficient (Wildman–Crippen LogP) is 5.93. The van der Waals surface area contributed by atoms with Crippen LogP contribution in [0.25, 0.3) is 22.3 Å². The number of rotatable bonds is 7. The van der Waals surface area contributed by atoms with Crippen LogP contribution in [0.5, 0.6) is 0 Å². The quantitative estimate of drug-likeness (QED) is 0.211. The van der Waals surface area contributed by atoms with Crippen LogP contribution in [0.3, 0.4) is 0 Å². The molecule has 0 spiro atoms. The lowest BCUT2D eigenvalue weighted by Gasteiger charge is -2.11. The van der Waals surface area contributed by atoms with Crippen molar-refractivity contribution < 1.29 is 14.0 Å². The van der Waals surface area contributed by atoms with E-state index in [2.05, 4.69) is 12.2 Å². The lowest BCUT2D eigenvalue weighted by molar-refractivity contribution is -0.113. The van der Waals surface area contributed by atoms with Crippen molar-refractivity contribution in [1.29, 1.82) is 0 Å². The lowest BCUT2D eigenvalue weighted by atomic mass is 10.1. The molecule has 0 bridgehead atoms. The van der Waals surface area contributed by atoms with Crippen LogP contribution in [0, 0.1) is 5.82 Å². The van der Waals surface area contributed by atoms with E-state index in [4.69, 9.17) is 9.97 Å². The Kier molecular flexibility index (Phi) is 6.79. The second-order valence-electron chi connectivity index (χ2n) is 7.50. The summed E-state index contributed by atoms with van der Waals surface area (Å²) in [6, 6.07) is 18.8. The zero-order valence-corrected chi connectivity index (χ0v) is 19.1. The average Bonchev–Trinajstić information content (AvgIpc) is 2.82. The first-order valence-corrected chi connectivity index (χ1v) is 11.5. The Bertz CT molecular complexity index is 1320. The Morgan fingerprint density at radius 3 is 2.36 bits per heavy atom. The number of hydrogen-bond donors (Lipinski definition) is 1. The molecular formula is C26H22FN3O2S. The van der Waals surface area contributed by atoms with Crippen LogP contribution in [0.15, 0.2) is 71.8 Å². The number of nitrogens with one attached hydrogen (secondary N) is 1. The molecule has 0 saturated heterocycles. The molecule has 3 aromatic carbocycles. The molecular weight excluding hydrogens is 437 g/mol. The molecule has 4 aromatic rings. The first-order chi connectivity index (χ1) is 15.9. The van der Waals surface area contributed by atoms with Crippen LogP contribution < -0.4 is 5.32 Å². The molecule has 1 aromatic heterocycles. The van der Waals surface area contributed by atoms with E-state index in [1.807, 2.05) is 18.2 Å². The molecule has 0 aliphatic rings. The zero-order valence-electron chi connectivity index (χ0n) is 18.3. The van der Waals surface area contributed by atoms with Gasteiger partial charge in [-0.3, -0.25) is 9.59 Å². The molecule has 0 unspecified atom stereocenters. The molecule has 0 aliphatic heterocycles. The number of halogens is 1. The van der Waals surface area contributed by atoms with Crippen molar-refractivity contribution in [3.05, 3.63) is 83.7 Å². The van der Waals surface area contributed by atoms with E-state index in [0.717, 1.165) is 22.9 Å². The van der Waals surface area contributed by atoms with Gasteiger partial charge in [0.25, 0.3) is 0 Å². The van der Waals surface area contributed by atoms with Crippen molar-refractivity contribution in [2.24, 2.45) is 0 Å². The maximum Gasteiger partial charge on any atom is 0.234 e. The van der Waals surface area contributed by atoms with Gasteiger partial charge in [0, 0.05) is 22.2 Å². The number of para-hydroxylation sites is 1. The fraction of sp³-hybridized carbons (Fsp3) is 0.154. The van der Waals surface area contributed by atoms with Gasteiger partial charge in [-0.25, -0.2) is 14.4 Å². The van der Waals surface area contributed by atoms with Crippen molar-refractivity contribution in [1.82, 2.24) is 9.97 Å². The number of anilines is 1. The summed E-state index contributed by atoms with van der Waals surface area (Å²) in [5, 5.41) is 4.42. The van der Waals surface area contributed by atoms with E-state index in [-0.39, 0.29) is 23.3 Å². The third-order valence-electron chi connectivity index (χ3n) is 5.17. The Morgan fingerprint density at radius 1 is 0.970 bits per heavy atom. The Morgan fingerprint density at radius 2 is 1.70 bits per heavy atom. The van der Waals surface area contributed by atoms with Gasteiger partial charge < -0.3 is 5.32 Å². The summed E-state index contributed by atoms with van der Waals surface area (Å²) in [5.41, 5.74) is 3.83. The normalized spacial score (nSPS) is 10.9.